The van der Waals surface area contributed by atoms with Crippen LogP contribution in [0, 0.1) is 0 Å². The van der Waals surface area contributed by atoms with Crippen molar-refractivity contribution in [3.63, 3.8) is 0 Å². The Hall–Kier alpha value is -2.38. The molecule has 24 heavy (non-hydrogen) atoms. The largest absolute Gasteiger partial charge is 0.495 e. The molecule has 0 spiro atoms. The average molecular weight is 364 g/mol. The number of nitrogens with zero attached hydrogens (tertiary/aromatic N) is 2. The lowest BCUT2D eigenvalue weighted by molar-refractivity contribution is -0.116. The Balaban J connectivity index is 1.55. The van der Waals surface area contributed by atoms with Gasteiger partial charge in [-0.05, 0) is 29.6 Å². The molecule has 0 unspecified atom stereocenters. The van der Waals surface area contributed by atoms with Gasteiger partial charge in [0.25, 0.3) is 0 Å². The summed E-state index contributed by atoms with van der Waals surface area (Å²) in [5.41, 5.74) is 1.52. The van der Waals surface area contributed by atoms with Gasteiger partial charge < -0.3 is 14.6 Å². The molecule has 8 heteroatoms. The number of aromatic nitrogens is 2. The monoisotopic (exact) mass is 363 g/mol. The second kappa shape index (κ2) is 7.46. The summed E-state index contributed by atoms with van der Waals surface area (Å²) in [4.78, 5) is 16.3. The van der Waals surface area contributed by atoms with Gasteiger partial charge in [0, 0.05) is 29.5 Å². The number of anilines is 1. The highest BCUT2D eigenvalue weighted by Crippen LogP contribution is 2.27. The number of nitrogens with one attached hydrogen (secondary N) is 1. The van der Waals surface area contributed by atoms with E-state index in [0.29, 0.717) is 34.6 Å². The fourth-order valence-corrected chi connectivity index (χ4v) is 2.95. The summed E-state index contributed by atoms with van der Waals surface area (Å²) in [6.07, 6.45) is 0.599. The molecule has 0 aliphatic heterocycles. The number of benzene rings is 1. The maximum Gasteiger partial charge on any atom is 0.227 e. The van der Waals surface area contributed by atoms with Crippen LogP contribution < -0.4 is 10.1 Å². The highest BCUT2D eigenvalue weighted by Gasteiger charge is 2.11. The number of ether oxygens (including phenoxy) is 1. The van der Waals surface area contributed by atoms with Gasteiger partial charge in [0.05, 0.1) is 12.1 Å². The number of hydrogen-bond acceptors (Lipinski definition) is 6. The van der Waals surface area contributed by atoms with Crippen molar-refractivity contribution >= 4 is 34.5 Å². The molecule has 0 saturated heterocycles. The third-order valence-electron chi connectivity index (χ3n) is 3.25. The first-order valence-electron chi connectivity index (χ1n) is 7.14. The van der Waals surface area contributed by atoms with Gasteiger partial charge in [0.1, 0.15) is 5.75 Å². The van der Waals surface area contributed by atoms with E-state index in [1.165, 1.54) is 7.11 Å². The van der Waals surface area contributed by atoms with Crippen LogP contribution in [-0.4, -0.2) is 23.2 Å². The molecule has 1 N–H and O–H groups in total. The van der Waals surface area contributed by atoms with Crippen LogP contribution in [0.1, 0.15) is 12.3 Å². The zero-order valence-corrected chi connectivity index (χ0v) is 14.4. The maximum atomic E-state index is 12.0. The molecule has 2 aromatic heterocycles. The van der Waals surface area contributed by atoms with Crippen LogP contribution in [0.2, 0.25) is 5.02 Å². The number of methoxy groups -OCH3 is 1. The van der Waals surface area contributed by atoms with E-state index in [1.807, 2.05) is 16.8 Å². The second-order valence-corrected chi connectivity index (χ2v) is 6.11. The van der Waals surface area contributed by atoms with Gasteiger partial charge in [0.2, 0.25) is 17.6 Å². The first-order valence-corrected chi connectivity index (χ1v) is 8.46. The van der Waals surface area contributed by atoms with Crippen molar-refractivity contribution in [3.05, 3.63) is 45.9 Å². The Labute approximate surface area is 147 Å². The molecule has 0 bridgehead atoms. The summed E-state index contributed by atoms with van der Waals surface area (Å²) in [7, 11) is 1.54. The van der Waals surface area contributed by atoms with Gasteiger partial charge in [-0.25, -0.2) is 0 Å². The van der Waals surface area contributed by atoms with Gasteiger partial charge in [-0.2, -0.15) is 16.3 Å². The summed E-state index contributed by atoms with van der Waals surface area (Å²) in [6.45, 7) is 0. The minimum atomic E-state index is -0.161. The van der Waals surface area contributed by atoms with Crippen LogP contribution in [0.15, 0.2) is 39.5 Å². The number of hydrogen-bond donors (Lipinski definition) is 1. The molecule has 1 amide bonds. The Morgan fingerprint density at radius 1 is 1.42 bits per heavy atom. The normalized spacial score (nSPS) is 10.6. The third-order valence-corrected chi connectivity index (χ3v) is 4.23. The van der Waals surface area contributed by atoms with E-state index in [4.69, 9.17) is 20.9 Å². The average Bonchev–Trinajstić information content (AvgIpc) is 3.24. The number of amides is 1. The van der Waals surface area contributed by atoms with E-state index in [-0.39, 0.29) is 12.3 Å². The van der Waals surface area contributed by atoms with Crippen molar-refractivity contribution in [2.45, 2.75) is 12.8 Å². The van der Waals surface area contributed by atoms with Gasteiger partial charge >= 0.3 is 0 Å². The Morgan fingerprint density at radius 2 is 2.29 bits per heavy atom. The van der Waals surface area contributed by atoms with Crippen LogP contribution in [0.5, 0.6) is 5.75 Å². The van der Waals surface area contributed by atoms with Crippen LogP contribution in [0.3, 0.4) is 0 Å². The smallest absolute Gasteiger partial charge is 0.227 e. The molecule has 0 fully saturated rings. The van der Waals surface area contributed by atoms with Crippen molar-refractivity contribution in [3.8, 4) is 17.1 Å². The highest BCUT2D eigenvalue weighted by atomic mass is 35.5. The van der Waals surface area contributed by atoms with Crippen LogP contribution in [0.25, 0.3) is 11.4 Å². The summed E-state index contributed by atoms with van der Waals surface area (Å²) in [5, 5.41) is 11.0. The van der Waals surface area contributed by atoms with Crippen molar-refractivity contribution in [1.82, 2.24) is 10.1 Å². The minimum absolute atomic E-state index is 0.161. The zero-order valence-electron chi connectivity index (χ0n) is 12.8. The first-order chi connectivity index (χ1) is 11.7. The molecular weight excluding hydrogens is 350 g/mol. The topological polar surface area (TPSA) is 77.2 Å². The summed E-state index contributed by atoms with van der Waals surface area (Å²) < 4.78 is 10.2. The van der Waals surface area contributed by atoms with E-state index in [9.17, 15) is 4.79 Å². The lowest BCUT2D eigenvalue weighted by atomic mass is 10.2. The molecule has 3 aromatic rings. The summed E-state index contributed by atoms with van der Waals surface area (Å²) in [6, 6.07) is 6.98. The number of carbonyl (C=O) groups is 1. The van der Waals surface area contributed by atoms with Crippen molar-refractivity contribution < 1.29 is 14.1 Å². The van der Waals surface area contributed by atoms with Crippen LogP contribution >= 0.6 is 22.9 Å². The third kappa shape index (κ3) is 3.93. The maximum absolute atomic E-state index is 12.0. The van der Waals surface area contributed by atoms with Gasteiger partial charge in [-0.15, -0.1) is 0 Å². The van der Waals surface area contributed by atoms with Crippen molar-refractivity contribution in [2.75, 3.05) is 12.4 Å². The SMILES string of the molecule is COc1ccc(NC(=O)CCc2nc(-c3ccsc3)no2)cc1Cl. The molecule has 1 aromatic carbocycles. The van der Waals surface area contributed by atoms with Crippen LogP contribution in [0.4, 0.5) is 5.69 Å². The summed E-state index contributed by atoms with van der Waals surface area (Å²) in [5.74, 6) is 1.36. The molecule has 6 nitrogen and oxygen atoms in total. The molecule has 0 saturated carbocycles. The lowest BCUT2D eigenvalue weighted by Gasteiger charge is -2.07. The predicted molar refractivity (Wildman–Crippen MR) is 92.6 cm³/mol. The predicted octanol–water partition coefficient (Wildman–Crippen LogP) is 4.03. The van der Waals surface area contributed by atoms with Gasteiger partial charge in [0.15, 0.2) is 0 Å². The molecular formula is C16H14ClN3O3S. The van der Waals surface area contributed by atoms with E-state index < -0.39 is 0 Å². The van der Waals surface area contributed by atoms with Crippen molar-refractivity contribution in [1.29, 1.82) is 0 Å². The summed E-state index contributed by atoms with van der Waals surface area (Å²) >= 11 is 7.59. The molecule has 2 heterocycles. The van der Waals surface area contributed by atoms with Crippen molar-refractivity contribution in [2.24, 2.45) is 0 Å². The standard InChI is InChI=1S/C16H14ClN3O3S/c1-22-13-3-2-11(8-12(13)17)18-14(21)4-5-15-19-16(20-23-15)10-6-7-24-9-10/h2-3,6-9H,4-5H2,1H3,(H,18,21). The van der Waals surface area contributed by atoms with Crippen LogP contribution in [-0.2, 0) is 11.2 Å². The Bertz CT molecular complexity index is 833. The van der Waals surface area contributed by atoms with E-state index in [0.717, 1.165) is 5.56 Å². The number of aryl methyl sites for hydroxylation is 1. The number of carbonyl (C=O) groups excluding carboxylic acids is 1. The fraction of sp³-hybridized carbons (Fsp3) is 0.188. The Kier molecular flexibility index (Phi) is 5.12. The molecule has 0 atom stereocenters. The zero-order chi connectivity index (χ0) is 16.9. The molecule has 0 aliphatic carbocycles. The number of thiophene rings is 1. The van der Waals surface area contributed by atoms with E-state index >= 15 is 0 Å². The second-order valence-electron chi connectivity index (χ2n) is 4.92. The fourth-order valence-electron chi connectivity index (χ4n) is 2.05. The number of halogens is 1. The first kappa shape index (κ1) is 16.5. The Morgan fingerprint density at radius 3 is 3.00 bits per heavy atom. The molecule has 0 aliphatic rings. The number of rotatable bonds is 6. The lowest BCUT2D eigenvalue weighted by Crippen LogP contribution is -2.12. The quantitative estimate of drug-likeness (QED) is 0.715. The molecule has 0 radical (unpaired) electrons. The van der Waals surface area contributed by atoms with E-state index in [2.05, 4.69) is 15.5 Å². The molecule has 3 rings (SSSR count). The van der Waals surface area contributed by atoms with E-state index in [1.54, 1.807) is 29.5 Å². The highest BCUT2D eigenvalue weighted by molar-refractivity contribution is 7.08. The van der Waals surface area contributed by atoms with Gasteiger partial charge in [-0.1, -0.05) is 16.8 Å². The van der Waals surface area contributed by atoms with Gasteiger partial charge in [-0.3, -0.25) is 4.79 Å². The molecule has 124 valence electrons. The minimum Gasteiger partial charge on any atom is -0.495 e.